The number of hydrogen-bond donors (Lipinski definition) is 1. The summed E-state index contributed by atoms with van der Waals surface area (Å²) >= 11 is 10.0. The van der Waals surface area contributed by atoms with E-state index in [1.807, 2.05) is 91.9 Å². The maximum Gasteiger partial charge on any atom is 0.145 e. The van der Waals surface area contributed by atoms with Gasteiger partial charge in [0.05, 0.1) is 32.5 Å². The molecule has 5 nitrogen and oxygen atoms in total. The Hall–Kier alpha value is -3.03. The zero-order valence-corrected chi connectivity index (χ0v) is 23.8. The highest BCUT2D eigenvalue weighted by atomic mass is 79.9. The summed E-state index contributed by atoms with van der Waals surface area (Å²) in [6, 6.07) is 29.2. The summed E-state index contributed by atoms with van der Waals surface area (Å²) in [5, 5.41) is 10.7. The minimum atomic E-state index is -1.02. The first-order valence-corrected chi connectivity index (χ1v) is 13.3. The van der Waals surface area contributed by atoms with Crippen molar-refractivity contribution in [3.05, 3.63) is 123 Å². The first-order valence-electron chi connectivity index (χ1n) is 12.1. The van der Waals surface area contributed by atoms with Crippen molar-refractivity contribution in [2.24, 2.45) is 0 Å². The lowest BCUT2D eigenvalue weighted by Gasteiger charge is -2.37. The number of hydrogen-bond acceptors (Lipinski definition) is 5. The minimum absolute atomic E-state index is 0.0783. The highest BCUT2D eigenvalue weighted by Gasteiger charge is 2.38. The molecule has 38 heavy (non-hydrogen) atoms. The largest absolute Gasteiger partial charge is 0.497 e. The molecule has 1 N–H and O–H groups in total. The van der Waals surface area contributed by atoms with E-state index in [-0.39, 0.29) is 13.2 Å². The summed E-state index contributed by atoms with van der Waals surface area (Å²) in [5.41, 5.74) is 2.55. The predicted octanol–water partition coefficient (Wildman–Crippen LogP) is 7.18. The summed E-state index contributed by atoms with van der Waals surface area (Å²) < 4.78 is 24.7. The molecule has 4 rings (SSSR count). The third-order valence-corrected chi connectivity index (χ3v) is 7.77. The van der Waals surface area contributed by atoms with Gasteiger partial charge >= 0.3 is 0 Å². The fourth-order valence-electron chi connectivity index (χ4n) is 4.32. The standard InChI is InChI=1S/C31H30BrClO5/c1-21-28(32)17-18-29(30(21)33)38-27(19-34)20-37-31(22-7-5-4-6-8-22,23-9-13-25(35-2)14-10-23)24-11-15-26(36-3)16-12-24/h4-18,27,34H,19-20H2,1-3H3. The topological polar surface area (TPSA) is 57.2 Å². The molecule has 0 fully saturated rings. The van der Waals surface area contributed by atoms with Gasteiger partial charge in [0.25, 0.3) is 0 Å². The van der Waals surface area contributed by atoms with Crippen molar-refractivity contribution in [1.82, 2.24) is 0 Å². The second-order valence-electron chi connectivity index (χ2n) is 8.72. The molecule has 0 aliphatic carbocycles. The molecule has 0 aromatic heterocycles. The van der Waals surface area contributed by atoms with Crippen LogP contribution in [-0.4, -0.2) is 38.6 Å². The average Bonchev–Trinajstić information content (AvgIpc) is 2.98. The monoisotopic (exact) mass is 596 g/mol. The Morgan fingerprint density at radius 1 is 0.789 bits per heavy atom. The highest BCUT2D eigenvalue weighted by molar-refractivity contribution is 9.10. The van der Waals surface area contributed by atoms with E-state index in [4.69, 9.17) is 30.5 Å². The second kappa shape index (κ2) is 12.7. The van der Waals surface area contributed by atoms with Gasteiger partial charge in [-0.05, 0) is 65.6 Å². The summed E-state index contributed by atoms with van der Waals surface area (Å²) in [6.07, 6.45) is -0.673. The molecule has 0 radical (unpaired) electrons. The summed E-state index contributed by atoms with van der Waals surface area (Å²) in [7, 11) is 3.27. The van der Waals surface area contributed by atoms with Crippen molar-refractivity contribution >= 4 is 27.5 Å². The van der Waals surface area contributed by atoms with E-state index in [9.17, 15) is 5.11 Å². The lowest BCUT2D eigenvalue weighted by atomic mass is 9.80. The second-order valence-corrected chi connectivity index (χ2v) is 9.95. The Balaban J connectivity index is 1.78. The SMILES string of the molecule is COc1ccc(C(OCC(CO)Oc2ccc(Br)c(C)c2Cl)(c2ccccc2)c2ccc(OC)cc2)cc1. The van der Waals surface area contributed by atoms with Crippen molar-refractivity contribution < 1.29 is 24.1 Å². The van der Waals surface area contributed by atoms with Crippen LogP contribution in [-0.2, 0) is 10.3 Å². The Labute approximate surface area is 237 Å². The number of halogens is 2. The molecule has 7 heteroatoms. The van der Waals surface area contributed by atoms with Crippen molar-refractivity contribution in [3.63, 3.8) is 0 Å². The van der Waals surface area contributed by atoms with Crippen molar-refractivity contribution in [2.75, 3.05) is 27.4 Å². The number of benzene rings is 4. The molecule has 0 saturated heterocycles. The molecule has 0 spiro atoms. The number of rotatable bonds is 11. The molecule has 1 unspecified atom stereocenters. The number of aliphatic hydroxyl groups excluding tert-OH is 1. The van der Waals surface area contributed by atoms with Gasteiger partial charge in [-0.2, -0.15) is 0 Å². The van der Waals surface area contributed by atoms with Gasteiger partial charge in [0.1, 0.15) is 29.0 Å². The average molecular weight is 598 g/mol. The van der Waals surface area contributed by atoms with Gasteiger partial charge in [-0.25, -0.2) is 0 Å². The Kier molecular flexibility index (Phi) is 9.34. The summed E-state index contributed by atoms with van der Waals surface area (Å²) in [6.45, 7) is 1.72. The van der Waals surface area contributed by atoms with E-state index in [1.165, 1.54) is 0 Å². The fraction of sp³-hybridized carbons (Fsp3) is 0.226. The van der Waals surface area contributed by atoms with Crippen LogP contribution in [0.4, 0.5) is 0 Å². The van der Waals surface area contributed by atoms with Crippen LogP contribution >= 0.6 is 27.5 Å². The highest BCUT2D eigenvalue weighted by Crippen LogP contribution is 2.42. The van der Waals surface area contributed by atoms with E-state index in [0.29, 0.717) is 10.8 Å². The molecule has 0 heterocycles. The van der Waals surface area contributed by atoms with Crippen molar-refractivity contribution in [2.45, 2.75) is 18.6 Å². The van der Waals surface area contributed by atoms with Crippen LogP contribution in [0.1, 0.15) is 22.3 Å². The molecule has 0 saturated carbocycles. The first-order chi connectivity index (χ1) is 18.4. The lowest BCUT2D eigenvalue weighted by molar-refractivity contribution is -0.0439. The number of aliphatic hydroxyl groups is 1. The van der Waals surface area contributed by atoms with Gasteiger partial charge in [0, 0.05) is 4.47 Å². The maximum atomic E-state index is 10.3. The summed E-state index contributed by atoms with van der Waals surface area (Å²) in [5.74, 6) is 1.96. The molecular formula is C31H30BrClO5. The minimum Gasteiger partial charge on any atom is -0.497 e. The Morgan fingerprint density at radius 2 is 1.32 bits per heavy atom. The van der Waals surface area contributed by atoms with Crippen LogP contribution in [0, 0.1) is 6.92 Å². The van der Waals surface area contributed by atoms with E-state index in [1.54, 1.807) is 20.3 Å². The molecule has 0 amide bonds. The quantitative estimate of drug-likeness (QED) is 0.186. The van der Waals surface area contributed by atoms with Crippen LogP contribution in [0.15, 0.2) is 95.5 Å². The molecule has 0 aliphatic rings. The van der Waals surface area contributed by atoms with Gasteiger partial charge in [-0.1, -0.05) is 82.1 Å². The lowest BCUT2D eigenvalue weighted by Crippen LogP contribution is -2.38. The molecular weight excluding hydrogens is 568 g/mol. The predicted molar refractivity (Wildman–Crippen MR) is 154 cm³/mol. The maximum absolute atomic E-state index is 10.3. The van der Waals surface area contributed by atoms with Gasteiger partial charge < -0.3 is 24.1 Å². The van der Waals surface area contributed by atoms with E-state index in [0.717, 1.165) is 38.2 Å². The van der Waals surface area contributed by atoms with Gasteiger partial charge in [0.2, 0.25) is 0 Å². The van der Waals surface area contributed by atoms with Crippen LogP contribution in [0.25, 0.3) is 0 Å². The molecule has 1 atom stereocenters. The molecule has 4 aromatic rings. The molecule has 0 bridgehead atoms. The summed E-state index contributed by atoms with van der Waals surface area (Å²) in [4.78, 5) is 0. The van der Waals surface area contributed by atoms with E-state index >= 15 is 0 Å². The Bertz CT molecular complexity index is 1280. The van der Waals surface area contributed by atoms with Crippen LogP contribution in [0.2, 0.25) is 5.02 Å². The smallest absolute Gasteiger partial charge is 0.145 e. The van der Waals surface area contributed by atoms with Crippen LogP contribution < -0.4 is 14.2 Å². The normalized spacial score (nSPS) is 12.2. The van der Waals surface area contributed by atoms with Crippen LogP contribution in [0.3, 0.4) is 0 Å². The van der Waals surface area contributed by atoms with E-state index < -0.39 is 11.7 Å². The number of methoxy groups -OCH3 is 2. The third-order valence-electron chi connectivity index (χ3n) is 6.44. The number of ether oxygens (including phenoxy) is 4. The van der Waals surface area contributed by atoms with Gasteiger partial charge in [-0.3, -0.25) is 0 Å². The Morgan fingerprint density at radius 3 is 1.82 bits per heavy atom. The molecule has 4 aromatic carbocycles. The first kappa shape index (κ1) is 28.0. The van der Waals surface area contributed by atoms with Crippen molar-refractivity contribution in [1.29, 1.82) is 0 Å². The fourth-order valence-corrected chi connectivity index (χ4v) is 4.98. The van der Waals surface area contributed by atoms with Gasteiger partial charge in [-0.15, -0.1) is 0 Å². The zero-order chi connectivity index (χ0) is 27.1. The van der Waals surface area contributed by atoms with Crippen LogP contribution in [0.5, 0.6) is 17.2 Å². The zero-order valence-electron chi connectivity index (χ0n) is 21.5. The van der Waals surface area contributed by atoms with Gasteiger partial charge in [0.15, 0.2) is 0 Å². The van der Waals surface area contributed by atoms with Crippen molar-refractivity contribution in [3.8, 4) is 17.2 Å². The third kappa shape index (κ3) is 5.84. The molecule has 0 aliphatic heterocycles. The van der Waals surface area contributed by atoms with E-state index in [2.05, 4.69) is 15.9 Å². The molecule has 198 valence electrons.